The Bertz CT molecular complexity index is 585. The molecular weight excluding hydrogens is 260 g/mol. The van der Waals surface area contributed by atoms with Crippen LogP contribution in [0.25, 0.3) is 0 Å². The molecule has 3 rings (SSSR count). The number of carboxylic acid groups (broad SMARTS) is 1. The molecule has 0 radical (unpaired) electrons. The van der Waals surface area contributed by atoms with E-state index < -0.39 is 17.6 Å². The third kappa shape index (κ3) is 1.93. The highest BCUT2D eigenvalue weighted by atomic mass is 16.4. The molecule has 4 N–H and O–H groups in total. The minimum absolute atomic E-state index is 0.00461. The van der Waals surface area contributed by atoms with Gasteiger partial charge in [0.1, 0.15) is 11.7 Å². The Labute approximate surface area is 115 Å². The van der Waals surface area contributed by atoms with E-state index in [9.17, 15) is 14.7 Å². The fourth-order valence-corrected chi connectivity index (χ4v) is 3.59. The molecule has 7 nitrogen and oxygen atoms in total. The lowest BCUT2D eigenvalue weighted by atomic mass is 9.85. The van der Waals surface area contributed by atoms with Crippen LogP contribution < -0.4 is 16.2 Å². The van der Waals surface area contributed by atoms with Crippen molar-refractivity contribution in [3.05, 3.63) is 16.7 Å². The van der Waals surface area contributed by atoms with Crippen molar-refractivity contribution in [2.75, 3.05) is 10.6 Å². The third-order valence-corrected chi connectivity index (χ3v) is 4.49. The van der Waals surface area contributed by atoms with Crippen LogP contribution in [0.1, 0.15) is 32.1 Å². The number of nitrogens with zero attached hydrogens (tertiary/aromatic N) is 2. The number of aliphatic carboxylic acids is 1. The fraction of sp³-hybridized carbons (Fsp3) is 0.615. The average Bonchev–Trinajstić information content (AvgIpc) is 2.81. The van der Waals surface area contributed by atoms with Gasteiger partial charge in [0.25, 0.3) is 5.56 Å². The van der Waals surface area contributed by atoms with E-state index in [0.717, 1.165) is 25.7 Å². The summed E-state index contributed by atoms with van der Waals surface area (Å²) >= 11 is 0. The van der Waals surface area contributed by atoms with Gasteiger partial charge in [-0.25, -0.2) is 9.78 Å². The molecule has 1 saturated carbocycles. The van der Waals surface area contributed by atoms with Crippen LogP contribution in [0.15, 0.2) is 11.1 Å². The molecule has 2 fully saturated rings. The molecule has 2 aliphatic rings. The highest BCUT2D eigenvalue weighted by Crippen LogP contribution is 2.42. The number of aromatic nitrogens is 2. The van der Waals surface area contributed by atoms with E-state index in [1.165, 1.54) is 6.33 Å². The maximum atomic E-state index is 11.6. The standard InChI is InChI=1S/C13H18N4O3/c14-10-11(15-6-16-12(10)18)17-8-4-2-1-3-7(8)5-9(17)13(19)20/h6-9H,1-5,14H2,(H,19,20)(H,15,16,18). The Morgan fingerprint density at radius 2 is 2.20 bits per heavy atom. The summed E-state index contributed by atoms with van der Waals surface area (Å²) < 4.78 is 0. The van der Waals surface area contributed by atoms with Crippen molar-refractivity contribution in [2.24, 2.45) is 5.92 Å². The number of carboxylic acids is 1. The third-order valence-electron chi connectivity index (χ3n) is 4.49. The molecule has 0 aromatic carbocycles. The smallest absolute Gasteiger partial charge is 0.326 e. The number of hydrogen-bond donors (Lipinski definition) is 3. The molecule has 2 heterocycles. The van der Waals surface area contributed by atoms with Gasteiger partial charge in [0.15, 0.2) is 5.82 Å². The highest BCUT2D eigenvalue weighted by Gasteiger charge is 2.46. The van der Waals surface area contributed by atoms with Crippen molar-refractivity contribution in [2.45, 2.75) is 44.2 Å². The van der Waals surface area contributed by atoms with E-state index in [2.05, 4.69) is 9.97 Å². The molecule has 1 saturated heterocycles. The van der Waals surface area contributed by atoms with Crippen LogP contribution >= 0.6 is 0 Å². The van der Waals surface area contributed by atoms with Gasteiger partial charge in [-0.05, 0) is 25.2 Å². The first kappa shape index (κ1) is 13.0. The lowest BCUT2D eigenvalue weighted by molar-refractivity contribution is -0.138. The van der Waals surface area contributed by atoms with Crippen LogP contribution in [0.5, 0.6) is 0 Å². The first-order valence-corrected chi connectivity index (χ1v) is 6.94. The van der Waals surface area contributed by atoms with Gasteiger partial charge in [-0.2, -0.15) is 0 Å². The van der Waals surface area contributed by atoms with E-state index in [1.807, 2.05) is 0 Å². The summed E-state index contributed by atoms with van der Waals surface area (Å²) in [6, 6.07) is -0.513. The van der Waals surface area contributed by atoms with Gasteiger partial charge in [0, 0.05) is 6.04 Å². The number of carbonyl (C=O) groups is 1. The lowest BCUT2D eigenvalue weighted by Crippen LogP contribution is -2.44. The van der Waals surface area contributed by atoms with Crippen LogP contribution in [-0.2, 0) is 4.79 Å². The normalized spacial score (nSPS) is 29.2. The number of nitrogens with two attached hydrogens (primary N) is 1. The number of nitrogen functional groups attached to an aromatic ring is 1. The van der Waals surface area contributed by atoms with Gasteiger partial charge < -0.3 is 20.7 Å². The summed E-state index contributed by atoms with van der Waals surface area (Å²) in [7, 11) is 0. The quantitative estimate of drug-likeness (QED) is 0.729. The molecule has 0 amide bonds. The van der Waals surface area contributed by atoms with Gasteiger partial charge in [-0.1, -0.05) is 12.8 Å². The van der Waals surface area contributed by atoms with E-state index in [4.69, 9.17) is 5.73 Å². The molecule has 0 bridgehead atoms. The van der Waals surface area contributed by atoms with E-state index in [-0.39, 0.29) is 11.7 Å². The number of H-pyrrole nitrogens is 1. The number of fused-ring (bicyclic) bond motifs is 1. The summed E-state index contributed by atoms with van der Waals surface area (Å²) in [6.07, 6.45) is 6.07. The molecule has 3 unspecified atom stereocenters. The Morgan fingerprint density at radius 3 is 2.95 bits per heavy atom. The average molecular weight is 278 g/mol. The van der Waals surface area contributed by atoms with Gasteiger partial charge in [0.2, 0.25) is 0 Å². The Balaban J connectivity index is 2.05. The Morgan fingerprint density at radius 1 is 1.45 bits per heavy atom. The predicted molar refractivity (Wildman–Crippen MR) is 73.5 cm³/mol. The lowest BCUT2D eigenvalue weighted by Gasteiger charge is -2.34. The molecule has 1 aliphatic heterocycles. The number of nitrogens with one attached hydrogen (secondary N) is 1. The second-order valence-electron chi connectivity index (χ2n) is 5.58. The number of hydrogen-bond acceptors (Lipinski definition) is 5. The number of anilines is 2. The first-order chi connectivity index (χ1) is 9.59. The minimum atomic E-state index is -0.874. The molecule has 1 aliphatic carbocycles. The van der Waals surface area contributed by atoms with E-state index in [0.29, 0.717) is 18.2 Å². The zero-order valence-electron chi connectivity index (χ0n) is 11.1. The maximum Gasteiger partial charge on any atom is 0.326 e. The number of rotatable bonds is 2. The SMILES string of the molecule is Nc1c(N2C(C(=O)O)CC3CCCCC32)nc[nH]c1=O. The van der Waals surface area contributed by atoms with Crippen LogP contribution in [0.4, 0.5) is 11.5 Å². The van der Waals surface area contributed by atoms with Crippen LogP contribution in [0.2, 0.25) is 0 Å². The van der Waals surface area contributed by atoms with Gasteiger partial charge in [-0.15, -0.1) is 0 Å². The summed E-state index contributed by atoms with van der Waals surface area (Å²) in [6.45, 7) is 0. The van der Waals surface area contributed by atoms with Crippen molar-refractivity contribution in [1.29, 1.82) is 0 Å². The van der Waals surface area contributed by atoms with Crippen LogP contribution in [-0.4, -0.2) is 33.1 Å². The maximum absolute atomic E-state index is 11.6. The van der Waals surface area contributed by atoms with Crippen molar-refractivity contribution in [1.82, 2.24) is 9.97 Å². The Hall–Kier alpha value is -2.05. The summed E-state index contributed by atoms with van der Waals surface area (Å²) in [5, 5.41) is 9.46. The second-order valence-corrected chi connectivity index (χ2v) is 5.58. The van der Waals surface area contributed by atoms with Crippen molar-refractivity contribution >= 4 is 17.5 Å². The van der Waals surface area contributed by atoms with Crippen molar-refractivity contribution in [3.63, 3.8) is 0 Å². The topological polar surface area (TPSA) is 112 Å². The zero-order chi connectivity index (χ0) is 14.3. The summed E-state index contributed by atoms with van der Waals surface area (Å²) in [4.78, 5) is 31.5. The molecule has 7 heteroatoms. The van der Waals surface area contributed by atoms with E-state index >= 15 is 0 Å². The molecule has 108 valence electrons. The monoisotopic (exact) mass is 278 g/mol. The molecule has 1 aromatic heterocycles. The Kier molecular flexibility index (Phi) is 3.11. The van der Waals surface area contributed by atoms with Gasteiger partial charge in [-0.3, -0.25) is 4.79 Å². The minimum Gasteiger partial charge on any atom is -0.480 e. The van der Waals surface area contributed by atoms with Crippen LogP contribution in [0.3, 0.4) is 0 Å². The van der Waals surface area contributed by atoms with E-state index in [1.54, 1.807) is 4.90 Å². The zero-order valence-corrected chi connectivity index (χ0v) is 11.1. The fourth-order valence-electron chi connectivity index (χ4n) is 3.59. The highest BCUT2D eigenvalue weighted by molar-refractivity contribution is 5.81. The summed E-state index contributed by atoms with van der Waals surface area (Å²) in [5.74, 6) is -0.207. The number of aromatic amines is 1. The predicted octanol–water partition coefficient (Wildman–Crippen LogP) is 0.574. The molecular formula is C13H18N4O3. The molecule has 3 atom stereocenters. The second kappa shape index (κ2) is 4.81. The molecule has 0 spiro atoms. The van der Waals surface area contributed by atoms with Gasteiger partial charge >= 0.3 is 5.97 Å². The van der Waals surface area contributed by atoms with Crippen LogP contribution in [0, 0.1) is 5.92 Å². The first-order valence-electron chi connectivity index (χ1n) is 6.94. The van der Waals surface area contributed by atoms with Crippen molar-refractivity contribution in [3.8, 4) is 0 Å². The molecule has 20 heavy (non-hydrogen) atoms. The summed E-state index contributed by atoms with van der Waals surface area (Å²) in [5.41, 5.74) is 5.39. The van der Waals surface area contributed by atoms with Gasteiger partial charge in [0.05, 0.1) is 6.33 Å². The van der Waals surface area contributed by atoms with Crippen molar-refractivity contribution < 1.29 is 9.90 Å². The molecule has 1 aromatic rings. The largest absolute Gasteiger partial charge is 0.480 e.